The molecule has 1 amide bonds. The van der Waals surface area contributed by atoms with Crippen LogP contribution in [0.4, 0.5) is 0 Å². The Morgan fingerprint density at radius 1 is 0.439 bits per heavy atom. The number of allylic oxidation sites excluding steroid dienone is 9. The molecule has 0 aromatic rings. The summed E-state index contributed by atoms with van der Waals surface area (Å²) in [5, 5.41) is 87.3. The normalized spacial score (nSPS) is 24.3. The van der Waals surface area contributed by atoms with Crippen molar-refractivity contribution in [3.8, 4) is 0 Å². The van der Waals surface area contributed by atoms with Gasteiger partial charge in [-0.1, -0.05) is 248 Å². The van der Waals surface area contributed by atoms with Crippen LogP contribution >= 0.6 is 0 Å². The van der Waals surface area contributed by atoms with Gasteiger partial charge in [0.05, 0.1) is 32.0 Å². The SMILES string of the molecule is CCCCC/C=C\C/C=C\CCCCCCCCCCCC(=O)NC(COC1OC(CO)C(OC2OC(CO)C(O)C(O)C2O)C(O)C1O)C(O)/C=C/CC/C=C/CC/C=C/CCCCCCCCCCCCCCCCCCCCC. The molecule has 12 unspecified atom stereocenters. The molecule has 14 nitrogen and oxygen atoms in total. The van der Waals surface area contributed by atoms with E-state index in [1.165, 1.54) is 180 Å². The predicted octanol–water partition coefficient (Wildman–Crippen LogP) is 12.9. The van der Waals surface area contributed by atoms with E-state index >= 15 is 0 Å². The van der Waals surface area contributed by atoms with Crippen LogP contribution in [0.2, 0.25) is 0 Å². The van der Waals surface area contributed by atoms with Gasteiger partial charge in [0, 0.05) is 6.42 Å². The van der Waals surface area contributed by atoms with Crippen LogP contribution in [0.5, 0.6) is 0 Å². The minimum absolute atomic E-state index is 0.257. The summed E-state index contributed by atoms with van der Waals surface area (Å²) in [7, 11) is 0. The van der Waals surface area contributed by atoms with Crippen LogP contribution in [0, 0.1) is 0 Å². The van der Waals surface area contributed by atoms with Gasteiger partial charge < -0.3 is 65.1 Å². The van der Waals surface area contributed by atoms with Gasteiger partial charge in [-0.05, 0) is 77.0 Å². The Hall–Kier alpha value is -2.31. The second kappa shape index (κ2) is 53.0. The van der Waals surface area contributed by atoms with Gasteiger partial charge in [0.25, 0.3) is 0 Å². The Labute approximate surface area is 498 Å². The number of amides is 1. The summed E-state index contributed by atoms with van der Waals surface area (Å²) in [5.41, 5.74) is 0. The summed E-state index contributed by atoms with van der Waals surface area (Å²) in [6.45, 7) is 2.77. The molecule has 2 heterocycles. The van der Waals surface area contributed by atoms with Crippen LogP contribution in [0.1, 0.15) is 271 Å². The molecular weight excluding hydrogens is 1040 g/mol. The summed E-state index contributed by atoms with van der Waals surface area (Å²) < 4.78 is 22.8. The number of aliphatic hydroxyl groups excluding tert-OH is 8. The molecule has 0 aromatic heterocycles. The van der Waals surface area contributed by atoms with E-state index in [2.05, 4.69) is 67.8 Å². The lowest BCUT2D eigenvalue weighted by Gasteiger charge is -2.46. The minimum Gasteiger partial charge on any atom is -0.394 e. The van der Waals surface area contributed by atoms with Crippen LogP contribution in [-0.4, -0.2) is 140 Å². The highest BCUT2D eigenvalue weighted by molar-refractivity contribution is 5.76. The van der Waals surface area contributed by atoms with E-state index in [1.807, 2.05) is 6.08 Å². The van der Waals surface area contributed by atoms with Gasteiger partial charge in [-0.25, -0.2) is 0 Å². The lowest BCUT2D eigenvalue weighted by atomic mass is 9.97. The molecule has 2 aliphatic heterocycles. The zero-order valence-corrected chi connectivity index (χ0v) is 51.7. The molecule has 0 aliphatic carbocycles. The van der Waals surface area contributed by atoms with Crippen molar-refractivity contribution in [2.75, 3.05) is 19.8 Å². The van der Waals surface area contributed by atoms with E-state index in [4.69, 9.17) is 18.9 Å². The van der Waals surface area contributed by atoms with Crippen LogP contribution in [0.15, 0.2) is 60.8 Å². The van der Waals surface area contributed by atoms with E-state index < -0.39 is 86.8 Å². The molecule has 2 saturated heterocycles. The van der Waals surface area contributed by atoms with E-state index in [-0.39, 0.29) is 18.9 Å². The summed E-state index contributed by atoms with van der Waals surface area (Å²) in [5.74, 6) is -0.257. The molecule has 2 rings (SSSR count). The summed E-state index contributed by atoms with van der Waals surface area (Å²) >= 11 is 0. The standard InChI is InChI=1S/C68H123NO13/c1-3-5-7-9-11-13-15-17-19-21-23-24-25-26-27-28-29-30-31-32-34-35-37-39-41-43-45-47-49-51-57(72)56(69-60(73)52-50-48-46-44-42-40-38-36-33-22-20-18-16-14-12-10-8-6-4-2)55-79-67-65(78)63(76)66(59(54-71)81-67)82-68-64(77)62(75)61(74)58(53-70)80-68/h12,14,18,20,34-35,41,43,49,51,56-59,61-68,70-72,74-78H,3-11,13,15-17,19,21-33,36-40,42,44-48,50,52-55H2,1-2H3,(H,69,73)/b14-12-,20-18-,35-34+,43-41+,51-49+. The molecule has 0 bridgehead atoms. The van der Waals surface area contributed by atoms with E-state index in [0.717, 1.165) is 57.8 Å². The Morgan fingerprint density at radius 2 is 0.817 bits per heavy atom. The smallest absolute Gasteiger partial charge is 0.220 e. The Balaban J connectivity index is 1.73. The third-order valence-corrected chi connectivity index (χ3v) is 16.2. The third kappa shape index (κ3) is 37.3. The van der Waals surface area contributed by atoms with Crippen molar-refractivity contribution in [1.82, 2.24) is 5.32 Å². The summed E-state index contributed by atoms with van der Waals surface area (Å²) in [6, 6.07) is -0.943. The van der Waals surface area contributed by atoms with Crippen molar-refractivity contribution in [3.05, 3.63) is 60.8 Å². The quantitative estimate of drug-likeness (QED) is 0.0204. The maximum atomic E-state index is 13.3. The van der Waals surface area contributed by atoms with E-state index in [9.17, 15) is 45.6 Å². The maximum Gasteiger partial charge on any atom is 0.220 e. The van der Waals surface area contributed by atoms with E-state index in [1.54, 1.807) is 6.08 Å². The first kappa shape index (κ1) is 75.8. The number of rotatable bonds is 54. The number of nitrogens with one attached hydrogen (secondary N) is 1. The highest BCUT2D eigenvalue weighted by Gasteiger charge is 2.51. The average molecular weight is 1160 g/mol. The van der Waals surface area contributed by atoms with Crippen LogP contribution < -0.4 is 5.32 Å². The molecule has 0 radical (unpaired) electrons. The zero-order valence-electron chi connectivity index (χ0n) is 51.7. The second-order valence-corrected chi connectivity index (χ2v) is 23.6. The van der Waals surface area contributed by atoms with Crippen LogP contribution in [0.3, 0.4) is 0 Å². The van der Waals surface area contributed by atoms with Gasteiger partial charge in [-0.3, -0.25) is 4.79 Å². The second-order valence-electron chi connectivity index (χ2n) is 23.6. The van der Waals surface area contributed by atoms with Crippen LogP contribution in [0.25, 0.3) is 0 Å². The van der Waals surface area contributed by atoms with Gasteiger partial charge in [-0.15, -0.1) is 0 Å². The molecule has 12 atom stereocenters. The number of carbonyl (C=O) groups is 1. The highest BCUT2D eigenvalue weighted by Crippen LogP contribution is 2.30. The fraction of sp³-hybridized carbons (Fsp3) is 0.838. The number of hydrogen-bond donors (Lipinski definition) is 9. The molecule has 14 heteroatoms. The van der Waals surface area contributed by atoms with Gasteiger partial charge in [0.15, 0.2) is 12.6 Å². The summed E-state index contributed by atoms with van der Waals surface area (Å²) in [4.78, 5) is 13.3. The monoisotopic (exact) mass is 1160 g/mol. The van der Waals surface area contributed by atoms with Gasteiger partial charge in [0.2, 0.25) is 5.91 Å². The topological polar surface area (TPSA) is 228 Å². The fourth-order valence-corrected chi connectivity index (χ4v) is 10.8. The van der Waals surface area contributed by atoms with Crippen molar-refractivity contribution in [1.29, 1.82) is 0 Å². The molecule has 2 aliphatic rings. The van der Waals surface area contributed by atoms with Crippen molar-refractivity contribution >= 4 is 5.91 Å². The number of hydrogen-bond acceptors (Lipinski definition) is 13. The number of carbonyl (C=O) groups excluding carboxylic acids is 1. The van der Waals surface area contributed by atoms with Gasteiger partial charge >= 0.3 is 0 Å². The van der Waals surface area contributed by atoms with Crippen molar-refractivity contribution < 1.29 is 64.6 Å². The maximum absolute atomic E-state index is 13.3. The van der Waals surface area contributed by atoms with Crippen LogP contribution in [-0.2, 0) is 23.7 Å². The molecule has 478 valence electrons. The zero-order chi connectivity index (χ0) is 59.5. The van der Waals surface area contributed by atoms with Crippen molar-refractivity contribution in [2.45, 2.75) is 344 Å². The Morgan fingerprint density at radius 3 is 1.29 bits per heavy atom. The first-order valence-electron chi connectivity index (χ1n) is 33.5. The third-order valence-electron chi connectivity index (χ3n) is 16.2. The van der Waals surface area contributed by atoms with Gasteiger partial charge in [-0.2, -0.15) is 0 Å². The largest absolute Gasteiger partial charge is 0.394 e. The number of ether oxygens (including phenoxy) is 4. The summed E-state index contributed by atoms with van der Waals surface area (Å²) in [6.07, 6.45) is 52.8. The molecular formula is C68H123NO13. The van der Waals surface area contributed by atoms with E-state index in [0.29, 0.717) is 12.8 Å². The van der Waals surface area contributed by atoms with Crippen molar-refractivity contribution in [3.63, 3.8) is 0 Å². The lowest BCUT2D eigenvalue weighted by molar-refractivity contribution is -0.359. The van der Waals surface area contributed by atoms with Gasteiger partial charge in [0.1, 0.15) is 48.8 Å². The predicted molar refractivity (Wildman–Crippen MR) is 332 cm³/mol. The molecule has 0 aromatic carbocycles. The lowest BCUT2D eigenvalue weighted by Crippen LogP contribution is -2.65. The molecule has 9 N–H and O–H groups in total. The average Bonchev–Trinajstić information content (AvgIpc) is 3.67. The number of aliphatic hydroxyl groups is 8. The molecule has 2 fully saturated rings. The Bertz CT molecular complexity index is 1610. The molecule has 82 heavy (non-hydrogen) atoms. The number of unbranched alkanes of at least 4 members (excludes halogenated alkanes) is 33. The van der Waals surface area contributed by atoms with Crippen molar-refractivity contribution in [2.24, 2.45) is 0 Å². The first-order valence-corrected chi connectivity index (χ1v) is 33.5. The first-order chi connectivity index (χ1) is 40.1. The molecule has 0 spiro atoms. The highest BCUT2D eigenvalue weighted by atomic mass is 16.7. The molecule has 0 saturated carbocycles. The minimum atomic E-state index is -1.80. The fourth-order valence-electron chi connectivity index (χ4n) is 10.8. The Kier molecular flexibility index (Phi) is 49.0.